The molecule has 0 bridgehead atoms. The van der Waals surface area contributed by atoms with Crippen LogP contribution in [0.1, 0.15) is 11.8 Å². The van der Waals surface area contributed by atoms with Gasteiger partial charge in [-0.3, -0.25) is 14.5 Å². The van der Waals surface area contributed by atoms with Crippen LogP contribution in [0.15, 0.2) is 93.0 Å². The normalized spacial score (nSPS) is 11.6. The van der Waals surface area contributed by atoms with Crippen molar-refractivity contribution >= 4 is 66.4 Å². The molecule has 2 aromatic heterocycles. The van der Waals surface area contributed by atoms with Crippen molar-refractivity contribution in [3.8, 4) is 5.75 Å². The smallest absolute Gasteiger partial charge is 0.271 e. The molecule has 2 heterocycles. The van der Waals surface area contributed by atoms with Crippen LogP contribution in [0, 0.1) is 0 Å². The van der Waals surface area contributed by atoms with Gasteiger partial charge in [0.2, 0.25) is 5.91 Å². The van der Waals surface area contributed by atoms with E-state index in [1.54, 1.807) is 42.6 Å². The Morgan fingerprint density at radius 1 is 1.00 bits per heavy atom. The van der Waals surface area contributed by atoms with Gasteiger partial charge in [-0.2, -0.15) is 0 Å². The minimum Gasteiger partial charge on any atom is -0.506 e. The molecule has 3 aromatic carbocycles. The van der Waals surface area contributed by atoms with Crippen LogP contribution in [-0.4, -0.2) is 24.4 Å². The Kier molecular flexibility index (Phi) is 6.57. The van der Waals surface area contributed by atoms with Gasteiger partial charge in [0.1, 0.15) is 9.96 Å². The van der Waals surface area contributed by atoms with Gasteiger partial charge < -0.3 is 10.4 Å². The predicted octanol–water partition coefficient (Wildman–Crippen LogP) is 5.74. The number of aromatic nitrogens is 1. The van der Waals surface area contributed by atoms with E-state index >= 15 is 0 Å². The van der Waals surface area contributed by atoms with Crippen molar-refractivity contribution in [2.75, 3.05) is 4.72 Å². The highest BCUT2D eigenvalue weighted by Gasteiger charge is 2.21. The van der Waals surface area contributed by atoms with Gasteiger partial charge >= 0.3 is 0 Å². The summed E-state index contributed by atoms with van der Waals surface area (Å²) >= 11 is 2.41. The summed E-state index contributed by atoms with van der Waals surface area (Å²) in [6, 6.07) is 21.6. The van der Waals surface area contributed by atoms with E-state index in [1.165, 1.54) is 24.8 Å². The maximum atomic E-state index is 13.3. The molecule has 0 aliphatic heterocycles. The van der Waals surface area contributed by atoms with E-state index in [1.807, 2.05) is 30.3 Å². The van der Waals surface area contributed by atoms with Gasteiger partial charge in [0.25, 0.3) is 10.0 Å². The van der Waals surface area contributed by atoms with Crippen LogP contribution in [0.5, 0.6) is 5.75 Å². The molecule has 10 heteroatoms. The van der Waals surface area contributed by atoms with Crippen molar-refractivity contribution in [2.24, 2.45) is 0 Å². The standard InChI is InChI=1S/C26H21N3O4S3/c1-16(30)28-15-18-11-12-24(34-18)36(32,33)29-21-14-23(26(31)20-9-3-2-8-19(20)21)35-22-10-4-6-17-7-5-13-27-25(17)22/h2-14,29,31H,15H2,1H3,(H,28,30). The number of nitrogens with zero attached hydrogens (tertiary/aromatic N) is 1. The van der Waals surface area contributed by atoms with E-state index in [9.17, 15) is 18.3 Å². The third-order valence-electron chi connectivity index (χ3n) is 5.45. The molecule has 0 radical (unpaired) electrons. The Hall–Kier alpha value is -3.60. The van der Waals surface area contributed by atoms with Crippen LogP contribution in [0.2, 0.25) is 0 Å². The summed E-state index contributed by atoms with van der Waals surface area (Å²) in [5.41, 5.74) is 1.15. The summed E-state index contributed by atoms with van der Waals surface area (Å²) in [7, 11) is -3.91. The van der Waals surface area contributed by atoms with E-state index in [-0.39, 0.29) is 22.4 Å². The summed E-state index contributed by atoms with van der Waals surface area (Å²) < 4.78 is 29.4. The Morgan fingerprint density at radius 2 is 1.78 bits per heavy atom. The molecule has 5 aromatic rings. The number of aromatic hydroxyl groups is 1. The van der Waals surface area contributed by atoms with Crippen molar-refractivity contribution in [1.82, 2.24) is 10.3 Å². The number of pyridine rings is 1. The van der Waals surface area contributed by atoms with Gasteiger partial charge in [0, 0.05) is 39.1 Å². The third kappa shape index (κ3) is 4.88. The highest BCUT2D eigenvalue weighted by atomic mass is 32.2. The molecule has 1 amide bonds. The quantitative estimate of drug-likeness (QED) is 0.229. The number of phenolic OH excluding ortho intramolecular Hbond substituents is 1. The average molecular weight is 536 g/mol. The maximum absolute atomic E-state index is 13.3. The molecule has 0 fully saturated rings. The van der Waals surface area contributed by atoms with Crippen molar-refractivity contribution in [1.29, 1.82) is 0 Å². The lowest BCUT2D eigenvalue weighted by atomic mass is 10.1. The van der Waals surface area contributed by atoms with Gasteiger partial charge in [0.15, 0.2) is 0 Å². The van der Waals surface area contributed by atoms with Crippen LogP contribution in [0.3, 0.4) is 0 Å². The fourth-order valence-electron chi connectivity index (χ4n) is 3.78. The highest BCUT2D eigenvalue weighted by Crippen LogP contribution is 2.44. The van der Waals surface area contributed by atoms with E-state index < -0.39 is 10.0 Å². The topological polar surface area (TPSA) is 108 Å². The first-order chi connectivity index (χ1) is 17.3. The number of sulfonamides is 1. The fourth-order valence-corrected chi connectivity index (χ4v) is 7.18. The number of carbonyl (C=O) groups is 1. The lowest BCUT2D eigenvalue weighted by Crippen LogP contribution is -2.18. The van der Waals surface area contributed by atoms with Gasteiger partial charge in [-0.05, 0) is 30.3 Å². The molecule has 3 N–H and O–H groups in total. The average Bonchev–Trinajstić information content (AvgIpc) is 3.36. The Bertz CT molecular complexity index is 1710. The molecule has 0 spiro atoms. The molecule has 0 saturated heterocycles. The number of nitrogens with one attached hydrogen (secondary N) is 2. The zero-order valence-electron chi connectivity index (χ0n) is 19.1. The number of benzene rings is 3. The molecule has 36 heavy (non-hydrogen) atoms. The molecule has 0 aliphatic carbocycles. The summed E-state index contributed by atoms with van der Waals surface area (Å²) in [5, 5.41) is 15.8. The van der Waals surface area contributed by atoms with Gasteiger partial charge in [0.05, 0.1) is 22.6 Å². The van der Waals surface area contributed by atoms with Crippen molar-refractivity contribution in [3.05, 3.63) is 83.9 Å². The summed E-state index contributed by atoms with van der Waals surface area (Å²) in [6.45, 7) is 1.67. The van der Waals surface area contributed by atoms with Crippen LogP contribution in [0.4, 0.5) is 5.69 Å². The second kappa shape index (κ2) is 9.81. The second-order valence-corrected chi connectivity index (χ2v) is 12.1. The first-order valence-electron chi connectivity index (χ1n) is 10.9. The molecule has 0 saturated carbocycles. The van der Waals surface area contributed by atoms with E-state index in [4.69, 9.17) is 0 Å². The van der Waals surface area contributed by atoms with E-state index in [2.05, 4.69) is 15.0 Å². The summed E-state index contributed by atoms with van der Waals surface area (Å²) in [6.07, 6.45) is 1.72. The molecule has 5 rings (SSSR count). The van der Waals surface area contributed by atoms with E-state index in [0.717, 1.165) is 32.0 Å². The number of phenols is 1. The van der Waals surface area contributed by atoms with Crippen LogP contribution >= 0.6 is 23.1 Å². The number of hydrogen-bond donors (Lipinski definition) is 3. The Balaban J connectivity index is 1.54. The van der Waals surface area contributed by atoms with Gasteiger partial charge in [-0.15, -0.1) is 11.3 Å². The lowest BCUT2D eigenvalue weighted by Gasteiger charge is -2.15. The van der Waals surface area contributed by atoms with Gasteiger partial charge in [-0.1, -0.05) is 54.2 Å². The molecule has 0 unspecified atom stereocenters. The number of anilines is 1. The zero-order valence-corrected chi connectivity index (χ0v) is 21.5. The van der Waals surface area contributed by atoms with E-state index in [0.29, 0.717) is 21.4 Å². The monoisotopic (exact) mass is 535 g/mol. The van der Waals surface area contributed by atoms with Gasteiger partial charge in [-0.25, -0.2) is 8.42 Å². The molecule has 0 atom stereocenters. The zero-order chi connectivity index (χ0) is 25.3. The number of hydrogen-bond acceptors (Lipinski definition) is 7. The first-order valence-corrected chi connectivity index (χ1v) is 14.1. The number of thiophene rings is 1. The number of para-hydroxylation sites is 1. The Labute approximate surface area is 216 Å². The largest absolute Gasteiger partial charge is 0.506 e. The number of carbonyl (C=O) groups excluding carboxylic acids is 1. The number of fused-ring (bicyclic) bond motifs is 2. The molecular formula is C26H21N3O4S3. The van der Waals surface area contributed by atoms with Crippen LogP contribution in [0.25, 0.3) is 21.7 Å². The molecule has 0 aliphatic rings. The Morgan fingerprint density at radius 3 is 2.58 bits per heavy atom. The molecule has 7 nitrogen and oxygen atoms in total. The predicted molar refractivity (Wildman–Crippen MR) is 144 cm³/mol. The minimum absolute atomic E-state index is 0.0696. The van der Waals surface area contributed by atoms with Crippen molar-refractivity contribution < 1.29 is 18.3 Å². The lowest BCUT2D eigenvalue weighted by molar-refractivity contribution is -0.119. The first kappa shape index (κ1) is 24.1. The highest BCUT2D eigenvalue weighted by molar-refractivity contribution is 7.99. The third-order valence-corrected chi connectivity index (χ3v) is 9.48. The fraction of sp³-hybridized carbons (Fsp3) is 0.0769. The second-order valence-electron chi connectivity index (χ2n) is 7.99. The van der Waals surface area contributed by atoms with Crippen LogP contribution < -0.4 is 10.0 Å². The van der Waals surface area contributed by atoms with Crippen molar-refractivity contribution in [2.45, 2.75) is 27.5 Å². The van der Waals surface area contributed by atoms with Crippen LogP contribution in [-0.2, 0) is 21.4 Å². The van der Waals surface area contributed by atoms with Crippen molar-refractivity contribution in [3.63, 3.8) is 0 Å². The number of amides is 1. The maximum Gasteiger partial charge on any atom is 0.271 e. The summed E-state index contributed by atoms with van der Waals surface area (Å²) in [4.78, 5) is 17.7. The number of rotatable bonds is 7. The molecular weight excluding hydrogens is 515 g/mol. The molecule has 182 valence electrons. The minimum atomic E-state index is -3.91. The SMILES string of the molecule is CC(=O)NCc1ccc(S(=O)(=O)Nc2cc(Sc3cccc4cccnc34)c(O)c3ccccc23)s1. The summed E-state index contributed by atoms with van der Waals surface area (Å²) in [5.74, 6) is -0.117.